The molecule has 0 bridgehead atoms. The van der Waals surface area contributed by atoms with E-state index in [1.54, 1.807) is 18.3 Å². The van der Waals surface area contributed by atoms with E-state index in [1.165, 1.54) is 6.42 Å². The first-order chi connectivity index (χ1) is 12.0. The van der Waals surface area contributed by atoms with Crippen molar-refractivity contribution in [2.45, 2.75) is 72.4 Å². The Hall–Kier alpha value is -1.62. The van der Waals surface area contributed by atoms with Crippen LogP contribution in [0.1, 0.15) is 71.2 Å². The second-order valence-corrected chi connectivity index (χ2v) is 9.28. The number of nitrogens with one attached hydrogen (secondary N) is 1. The summed E-state index contributed by atoms with van der Waals surface area (Å²) in [6.45, 7) is 13.8. The van der Waals surface area contributed by atoms with Crippen LogP contribution in [-0.4, -0.2) is 35.7 Å². The van der Waals surface area contributed by atoms with E-state index in [1.807, 2.05) is 20.8 Å². The summed E-state index contributed by atoms with van der Waals surface area (Å²) in [5.74, 6) is 1.08. The molecule has 5 heteroatoms. The Morgan fingerprint density at radius 1 is 1.27 bits per heavy atom. The third-order valence-corrected chi connectivity index (χ3v) is 4.59. The van der Waals surface area contributed by atoms with E-state index < -0.39 is 0 Å². The van der Waals surface area contributed by atoms with E-state index in [0.29, 0.717) is 30.6 Å². The zero-order valence-electron chi connectivity index (χ0n) is 17.1. The van der Waals surface area contributed by atoms with E-state index in [4.69, 9.17) is 9.47 Å². The SMILES string of the molecule is CC1CC(NC(=O)c2ccc(OCCOC(C)(C)C)nc2)CC(C)(C)C1. The summed E-state index contributed by atoms with van der Waals surface area (Å²) in [5, 5.41) is 3.17. The minimum atomic E-state index is -0.177. The number of aromatic nitrogens is 1. The van der Waals surface area contributed by atoms with Gasteiger partial charge in [0.25, 0.3) is 5.91 Å². The second-order valence-electron chi connectivity index (χ2n) is 9.28. The largest absolute Gasteiger partial charge is 0.475 e. The van der Waals surface area contributed by atoms with Crippen LogP contribution in [0.2, 0.25) is 0 Å². The van der Waals surface area contributed by atoms with Crippen molar-refractivity contribution in [3.63, 3.8) is 0 Å². The molecule has 2 atom stereocenters. The molecule has 1 saturated carbocycles. The van der Waals surface area contributed by atoms with Crippen LogP contribution in [0.15, 0.2) is 18.3 Å². The molecule has 5 nitrogen and oxygen atoms in total. The molecule has 1 fully saturated rings. The molecule has 1 N–H and O–H groups in total. The summed E-state index contributed by atoms with van der Waals surface area (Å²) in [7, 11) is 0. The molecule has 146 valence electrons. The Balaban J connectivity index is 1.83. The zero-order valence-corrected chi connectivity index (χ0v) is 17.1. The zero-order chi connectivity index (χ0) is 19.4. The van der Waals surface area contributed by atoms with Gasteiger partial charge in [0.15, 0.2) is 0 Å². The molecule has 0 radical (unpaired) electrons. The van der Waals surface area contributed by atoms with Gasteiger partial charge in [0.1, 0.15) is 6.61 Å². The van der Waals surface area contributed by atoms with Gasteiger partial charge in [-0.25, -0.2) is 4.98 Å². The van der Waals surface area contributed by atoms with Crippen LogP contribution in [0.25, 0.3) is 0 Å². The molecule has 0 saturated heterocycles. The van der Waals surface area contributed by atoms with Gasteiger partial charge in [0.05, 0.1) is 17.8 Å². The van der Waals surface area contributed by atoms with Crippen molar-refractivity contribution in [3.05, 3.63) is 23.9 Å². The maximum absolute atomic E-state index is 12.5. The monoisotopic (exact) mass is 362 g/mol. The van der Waals surface area contributed by atoms with Gasteiger partial charge in [-0.1, -0.05) is 20.8 Å². The average Bonchev–Trinajstić information content (AvgIpc) is 2.49. The number of ether oxygens (including phenoxy) is 2. The number of hydrogen-bond acceptors (Lipinski definition) is 4. The fourth-order valence-electron chi connectivity index (χ4n) is 3.82. The van der Waals surface area contributed by atoms with Crippen LogP contribution in [0.4, 0.5) is 0 Å². The predicted octanol–water partition coefficient (Wildman–Crippen LogP) is 4.22. The number of rotatable bonds is 6. The summed E-state index contributed by atoms with van der Waals surface area (Å²) in [4.78, 5) is 16.7. The molecule has 0 spiro atoms. The first-order valence-corrected chi connectivity index (χ1v) is 9.58. The lowest BCUT2D eigenvalue weighted by Crippen LogP contribution is -2.43. The van der Waals surface area contributed by atoms with Crippen molar-refractivity contribution in [1.82, 2.24) is 10.3 Å². The van der Waals surface area contributed by atoms with E-state index >= 15 is 0 Å². The highest BCUT2D eigenvalue weighted by molar-refractivity contribution is 5.94. The van der Waals surface area contributed by atoms with Gasteiger partial charge in [-0.05, 0) is 57.4 Å². The topological polar surface area (TPSA) is 60.5 Å². The lowest BCUT2D eigenvalue weighted by Gasteiger charge is -2.39. The molecule has 1 aromatic rings. The number of pyridine rings is 1. The molecule has 2 unspecified atom stereocenters. The Morgan fingerprint density at radius 2 is 2.00 bits per heavy atom. The minimum Gasteiger partial charge on any atom is -0.475 e. The third kappa shape index (κ3) is 6.94. The van der Waals surface area contributed by atoms with Crippen LogP contribution >= 0.6 is 0 Å². The summed E-state index contributed by atoms with van der Waals surface area (Å²) >= 11 is 0. The van der Waals surface area contributed by atoms with Crippen LogP contribution in [-0.2, 0) is 4.74 Å². The predicted molar refractivity (Wildman–Crippen MR) is 103 cm³/mol. The van der Waals surface area contributed by atoms with Crippen molar-refractivity contribution in [2.75, 3.05) is 13.2 Å². The van der Waals surface area contributed by atoms with Gasteiger partial charge in [-0.2, -0.15) is 0 Å². The number of carbonyl (C=O) groups excluding carboxylic acids is 1. The second kappa shape index (κ2) is 8.38. The maximum Gasteiger partial charge on any atom is 0.253 e. The Kier molecular flexibility index (Phi) is 6.67. The molecule has 0 aliphatic heterocycles. The lowest BCUT2D eigenvalue weighted by molar-refractivity contribution is -0.0168. The molecule has 1 aliphatic carbocycles. The standard InChI is InChI=1S/C21H34N2O3/c1-15-11-17(13-21(5,6)12-15)23-19(24)16-7-8-18(22-14-16)25-9-10-26-20(2,3)4/h7-8,14-15,17H,9-13H2,1-6H3,(H,23,24). The number of amides is 1. The summed E-state index contributed by atoms with van der Waals surface area (Å²) in [5.41, 5.74) is 0.671. The molecule has 1 amide bonds. The summed E-state index contributed by atoms with van der Waals surface area (Å²) in [6.07, 6.45) is 4.85. The van der Waals surface area contributed by atoms with Crippen molar-refractivity contribution in [1.29, 1.82) is 0 Å². The Morgan fingerprint density at radius 3 is 2.58 bits per heavy atom. The third-order valence-electron chi connectivity index (χ3n) is 4.59. The van der Waals surface area contributed by atoms with Gasteiger partial charge in [0, 0.05) is 18.3 Å². The summed E-state index contributed by atoms with van der Waals surface area (Å²) < 4.78 is 11.2. The molecule has 1 aromatic heterocycles. The molecule has 0 aromatic carbocycles. The molecular formula is C21H34N2O3. The molecule has 2 rings (SSSR count). The molecule has 26 heavy (non-hydrogen) atoms. The average molecular weight is 363 g/mol. The van der Waals surface area contributed by atoms with Crippen LogP contribution in [0.3, 0.4) is 0 Å². The van der Waals surface area contributed by atoms with Gasteiger partial charge in [0.2, 0.25) is 5.88 Å². The van der Waals surface area contributed by atoms with Crippen molar-refractivity contribution in [2.24, 2.45) is 11.3 Å². The van der Waals surface area contributed by atoms with E-state index in [0.717, 1.165) is 12.8 Å². The maximum atomic E-state index is 12.5. The van der Waals surface area contributed by atoms with Crippen molar-refractivity contribution < 1.29 is 14.3 Å². The molecule has 1 heterocycles. The quantitative estimate of drug-likeness (QED) is 0.770. The normalized spacial score (nSPS) is 22.7. The molecular weight excluding hydrogens is 328 g/mol. The number of nitrogens with zero attached hydrogens (tertiary/aromatic N) is 1. The number of hydrogen-bond donors (Lipinski definition) is 1. The van der Waals surface area contributed by atoms with Crippen molar-refractivity contribution in [3.8, 4) is 5.88 Å². The van der Waals surface area contributed by atoms with Crippen LogP contribution in [0, 0.1) is 11.3 Å². The van der Waals surface area contributed by atoms with E-state index in [2.05, 4.69) is 31.1 Å². The van der Waals surface area contributed by atoms with Gasteiger partial charge in [-0.3, -0.25) is 4.79 Å². The van der Waals surface area contributed by atoms with Crippen LogP contribution < -0.4 is 10.1 Å². The molecule has 1 aliphatic rings. The first-order valence-electron chi connectivity index (χ1n) is 9.58. The fraction of sp³-hybridized carbons (Fsp3) is 0.714. The van der Waals surface area contributed by atoms with Gasteiger partial charge >= 0.3 is 0 Å². The first kappa shape index (κ1) is 20.7. The fourth-order valence-corrected chi connectivity index (χ4v) is 3.82. The Bertz CT molecular complexity index is 590. The number of carbonyl (C=O) groups is 1. The Labute approximate surface area is 157 Å². The van der Waals surface area contributed by atoms with E-state index in [9.17, 15) is 4.79 Å². The highest BCUT2D eigenvalue weighted by Crippen LogP contribution is 2.38. The lowest BCUT2D eigenvalue weighted by atomic mass is 9.70. The highest BCUT2D eigenvalue weighted by atomic mass is 16.5. The minimum absolute atomic E-state index is 0.0602. The van der Waals surface area contributed by atoms with E-state index in [-0.39, 0.29) is 23.0 Å². The summed E-state index contributed by atoms with van der Waals surface area (Å²) in [6, 6.07) is 3.73. The van der Waals surface area contributed by atoms with Gasteiger partial charge < -0.3 is 14.8 Å². The van der Waals surface area contributed by atoms with Gasteiger partial charge in [-0.15, -0.1) is 0 Å². The van der Waals surface area contributed by atoms with Crippen LogP contribution in [0.5, 0.6) is 5.88 Å². The smallest absolute Gasteiger partial charge is 0.253 e. The van der Waals surface area contributed by atoms with Crippen molar-refractivity contribution >= 4 is 5.91 Å². The highest BCUT2D eigenvalue weighted by Gasteiger charge is 2.32.